The van der Waals surface area contributed by atoms with E-state index in [-0.39, 0.29) is 30.5 Å². The van der Waals surface area contributed by atoms with Gasteiger partial charge in [0.2, 0.25) is 5.91 Å². The minimum atomic E-state index is -1.62. The molecule has 0 fully saturated rings. The molecule has 5 nitrogen and oxygen atoms in total. The van der Waals surface area contributed by atoms with Crippen LogP contribution >= 0.6 is 24.0 Å². The van der Waals surface area contributed by atoms with E-state index in [1.54, 1.807) is 7.05 Å². The van der Waals surface area contributed by atoms with Crippen molar-refractivity contribution >= 4 is 41.5 Å². The van der Waals surface area contributed by atoms with Crippen LogP contribution in [0.5, 0.6) is 0 Å². The van der Waals surface area contributed by atoms with E-state index in [2.05, 4.69) is 27.0 Å². The van der Waals surface area contributed by atoms with Crippen molar-refractivity contribution < 1.29 is 18.0 Å². The maximum Gasteiger partial charge on any atom is 0.243 e. The predicted octanol–water partition coefficient (Wildman–Crippen LogP) is 3.72. The van der Waals surface area contributed by atoms with Crippen molar-refractivity contribution in [3.8, 4) is 0 Å². The number of hydrogen-bond donors (Lipinski definition) is 3. The maximum absolute atomic E-state index is 13.5. The van der Waals surface area contributed by atoms with Gasteiger partial charge in [-0.2, -0.15) is 0 Å². The molecule has 1 aromatic carbocycles. The zero-order valence-corrected chi connectivity index (χ0v) is 17.4. The number of rotatable bonds is 6. The number of nitrogens with one attached hydrogen (secondary N) is 3. The number of allylic oxidation sites excluding steroid dienone is 1. The molecule has 0 saturated heterocycles. The van der Waals surface area contributed by atoms with Crippen molar-refractivity contribution in [2.45, 2.75) is 32.1 Å². The zero-order chi connectivity index (χ0) is 18.9. The summed E-state index contributed by atoms with van der Waals surface area (Å²) in [5, 5.41) is 8.08. The Morgan fingerprint density at radius 2 is 1.93 bits per heavy atom. The summed E-state index contributed by atoms with van der Waals surface area (Å²) in [6.07, 6.45) is 7.89. The minimum absolute atomic E-state index is 0. The molecule has 0 heterocycles. The van der Waals surface area contributed by atoms with E-state index < -0.39 is 29.0 Å². The summed E-state index contributed by atoms with van der Waals surface area (Å²) in [6, 6.07) is 1.72. The van der Waals surface area contributed by atoms with E-state index in [1.807, 2.05) is 0 Å². The second-order valence-electron chi connectivity index (χ2n) is 5.98. The Kier molecular flexibility index (Phi) is 10.2. The molecule has 1 amide bonds. The Morgan fingerprint density at radius 3 is 2.59 bits per heavy atom. The summed E-state index contributed by atoms with van der Waals surface area (Å²) >= 11 is 0. The zero-order valence-electron chi connectivity index (χ0n) is 15.1. The van der Waals surface area contributed by atoms with Gasteiger partial charge in [-0.3, -0.25) is 9.79 Å². The third-order valence-corrected chi connectivity index (χ3v) is 4.07. The van der Waals surface area contributed by atoms with E-state index in [0.717, 1.165) is 31.4 Å². The molecule has 1 aromatic rings. The van der Waals surface area contributed by atoms with Crippen LogP contribution in [0.3, 0.4) is 0 Å². The van der Waals surface area contributed by atoms with Crippen molar-refractivity contribution in [1.29, 1.82) is 0 Å². The first-order valence-electron chi connectivity index (χ1n) is 8.57. The number of guanidine groups is 1. The van der Waals surface area contributed by atoms with Crippen LogP contribution in [0.15, 0.2) is 28.8 Å². The summed E-state index contributed by atoms with van der Waals surface area (Å²) in [5.41, 5.74) is 1.01. The molecule has 0 unspecified atom stereocenters. The highest BCUT2D eigenvalue weighted by Crippen LogP contribution is 2.20. The Balaban J connectivity index is 0.00000364. The van der Waals surface area contributed by atoms with Crippen LogP contribution in [0.1, 0.15) is 32.1 Å². The van der Waals surface area contributed by atoms with E-state index in [1.165, 1.54) is 18.4 Å². The van der Waals surface area contributed by atoms with Gasteiger partial charge in [0, 0.05) is 13.6 Å². The Bertz CT molecular complexity index is 710. The first-order valence-corrected chi connectivity index (χ1v) is 8.57. The summed E-state index contributed by atoms with van der Waals surface area (Å²) in [7, 11) is 1.57. The van der Waals surface area contributed by atoms with Gasteiger partial charge in [-0.1, -0.05) is 11.6 Å². The molecule has 0 bridgehead atoms. The molecule has 0 radical (unpaired) electrons. The summed E-state index contributed by atoms with van der Waals surface area (Å²) in [5.74, 6) is -4.53. The second kappa shape index (κ2) is 11.8. The van der Waals surface area contributed by atoms with Crippen molar-refractivity contribution in [3.05, 3.63) is 41.2 Å². The van der Waals surface area contributed by atoms with Crippen molar-refractivity contribution in [2.75, 3.05) is 25.5 Å². The Hall–Kier alpha value is -1.78. The molecule has 0 atom stereocenters. The average Bonchev–Trinajstić information content (AvgIpc) is 2.66. The third-order valence-electron chi connectivity index (χ3n) is 4.07. The van der Waals surface area contributed by atoms with E-state index in [0.29, 0.717) is 12.5 Å². The maximum atomic E-state index is 13.5. The van der Waals surface area contributed by atoms with Gasteiger partial charge in [-0.25, -0.2) is 13.2 Å². The van der Waals surface area contributed by atoms with Crippen LogP contribution in [0.2, 0.25) is 0 Å². The molecule has 0 saturated carbocycles. The quantitative estimate of drug-likeness (QED) is 0.185. The van der Waals surface area contributed by atoms with Gasteiger partial charge in [-0.15, -0.1) is 24.0 Å². The van der Waals surface area contributed by atoms with Crippen molar-refractivity contribution in [2.24, 2.45) is 4.99 Å². The number of amides is 1. The van der Waals surface area contributed by atoms with Crippen LogP contribution in [-0.2, 0) is 4.79 Å². The van der Waals surface area contributed by atoms with E-state index in [4.69, 9.17) is 0 Å². The molecule has 3 N–H and O–H groups in total. The lowest BCUT2D eigenvalue weighted by Gasteiger charge is -2.15. The van der Waals surface area contributed by atoms with Gasteiger partial charge >= 0.3 is 0 Å². The summed E-state index contributed by atoms with van der Waals surface area (Å²) < 4.78 is 39.6. The standard InChI is InChI=1S/C18H23F3N4O.HI/c1-22-18(23-10-9-12-5-3-2-4-6-12)24-11-15(26)25-14-8-7-13(19)16(20)17(14)21;/h5,7-8H,2-4,6,9-11H2,1H3,(H,25,26)(H2,22,23,24);1H. The fourth-order valence-electron chi connectivity index (χ4n) is 2.67. The van der Waals surface area contributed by atoms with E-state index in [9.17, 15) is 18.0 Å². The van der Waals surface area contributed by atoms with Gasteiger partial charge < -0.3 is 16.0 Å². The van der Waals surface area contributed by atoms with Crippen molar-refractivity contribution in [1.82, 2.24) is 10.6 Å². The average molecular weight is 496 g/mol. The highest BCUT2D eigenvalue weighted by atomic mass is 127. The number of halogens is 4. The monoisotopic (exact) mass is 496 g/mol. The lowest BCUT2D eigenvalue weighted by atomic mass is 9.97. The SMILES string of the molecule is CN=C(NCCC1=CCCCC1)NCC(=O)Nc1ccc(F)c(F)c1F.I. The van der Waals surface area contributed by atoms with Gasteiger partial charge in [0.25, 0.3) is 0 Å². The normalized spacial score (nSPS) is 14.1. The highest BCUT2D eigenvalue weighted by Gasteiger charge is 2.15. The molecule has 9 heteroatoms. The fraction of sp³-hybridized carbons (Fsp3) is 0.444. The van der Waals surface area contributed by atoms with Crippen molar-refractivity contribution in [3.63, 3.8) is 0 Å². The number of benzene rings is 1. The third kappa shape index (κ3) is 7.39. The highest BCUT2D eigenvalue weighted by molar-refractivity contribution is 14.0. The number of hydrogen-bond acceptors (Lipinski definition) is 2. The first-order chi connectivity index (χ1) is 12.5. The first kappa shape index (κ1) is 23.3. The Labute approximate surface area is 173 Å². The minimum Gasteiger partial charge on any atom is -0.356 e. The van der Waals surface area contributed by atoms with Crippen LogP contribution < -0.4 is 16.0 Å². The second-order valence-corrected chi connectivity index (χ2v) is 5.98. The van der Waals surface area contributed by atoms with Crippen LogP contribution in [0.4, 0.5) is 18.9 Å². The molecule has 0 aliphatic heterocycles. The largest absolute Gasteiger partial charge is 0.356 e. The molecular formula is C18H24F3IN4O. The van der Waals surface area contributed by atoms with Gasteiger partial charge in [0.1, 0.15) is 0 Å². The summed E-state index contributed by atoms with van der Waals surface area (Å²) in [6.45, 7) is 0.492. The fourth-order valence-corrected chi connectivity index (χ4v) is 2.67. The Morgan fingerprint density at radius 1 is 1.15 bits per heavy atom. The number of nitrogens with zero attached hydrogens (tertiary/aromatic N) is 1. The summed E-state index contributed by atoms with van der Waals surface area (Å²) in [4.78, 5) is 15.9. The number of aliphatic imine (C=N–C) groups is 1. The smallest absolute Gasteiger partial charge is 0.243 e. The molecule has 1 aliphatic carbocycles. The predicted molar refractivity (Wildman–Crippen MR) is 111 cm³/mol. The molecule has 2 rings (SSSR count). The van der Waals surface area contributed by atoms with Gasteiger partial charge in [0.05, 0.1) is 12.2 Å². The number of carbonyl (C=O) groups is 1. The number of anilines is 1. The number of carbonyl (C=O) groups excluding carboxylic acids is 1. The van der Waals surface area contributed by atoms with Crippen LogP contribution in [-0.4, -0.2) is 32.0 Å². The van der Waals surface area contributed by atoms with Gasteiger partial charge in [0.15, 0.2) is 23.4 Å². The van der Waals surface area contributed by atoms with E-state index >= 15 is 0 Å². The molecule has 1 aliphatic rings. The molecule has 0 aromatic heterocycles. The van der Waals surface area contributed by atoms with Crippen LogP contribution in [0.25, 0.3) is 0 Å². The molecular weight excluding hydrogens is 472 g/mol. The lowest BCUT2D eigenvalue weighted by molar-refractivity contribution is -0.115. The molecule has 27 heavy (non-hydrogen) atoms. The molecule has 150 valence electrons. The lowest BCUT2D eigenvalue weighted by Crippen LogP contribution is -2.41. The van der Waals surface area contributed by atoms with Gasteiger partial charge in [-0.05, 0) is 44.2 Å². The topological polar surface area (TPSA) is 65.5 Å². The van der Waals surface area contributed by atoms with Crippen LogP contribution in [0, 0.1) is 17.5 Å². The molecule has 0 spiro atoms.